The molecule has 0 aliphatic carbocycles. The lowest BCUT2D eigenvalue weighted by molar-refractivity contribution is -0.115. The summed E-state index contributed by atoms with van der Waals surface area (Å²) in [5, 5.41) is 0. The predicted octanol–water partition coefficient (Wildman–Crippen LogP) is 1.46. The molecule has 0 atom stereocenters. The van der Waals surface area contributed by atoms with Gasteiger partial charge in [0.25, 0.3) is 5.91 Å². The number of hydrogen-bond acceptors (Lipinski definition) is 3. The number of amidine groups is 1. The Kier molecular flexibility index (Phi) is 3.31. The molecule has 4 nitrogen and oxygen atoms in total. The highest BCUT2D eigenvalue weighted by Crippen LogP contribution is 2.20. The molecule has 2 N–H and O–H groups in total. The van der Waals surface area contributed by atoms with Crippen LogP contribution in [-0.4, -0.2) is 18.3 Å². The van der Waals surface area contributed by atoms with Crippen molar-refractivity contribution in [3.63, 3.8) is 0 Å². The van der Waals surface area contributed by atoms with Crippen molar-refractivity contribution in [1.82, 2.24) is 0 Å². The van der Waals surface area contributed by atoms with E-state index in [0.717, 1.165) is 11.5 Å². The first-order chi connectivity index (χ1) is 6.68. The Balaban J connectivity index is 0.00000112. The van der Waals surface area contributed by atoms with E-state index in [1.807, 2.05) is 19.1 Å². The number of hydrogen-bond donors (Lipinski definition) is 1. The Morgan fingerprint density at radius 3 is 2.73 bits per heavy atom. The maximum Gasteiger partial charge on any atom is 0.254 e. The van der Waals surface area contributed by atoms with Crippen LogP contribution in [0.3, 0.4) is 0 Å². The molecule has 0 aromatic heterocycles. The first-order valence-corrected chi connectivity index (χ1v) is 4.38. The van der Waals surface area contributed by atoms with Gasteiger partial charge in [0.15, 0.2) is 0 Å². The number of anilines is 2. The van der Waals surface area contributed by atoms with Crippen molar-refractivity contribution in [3.8, 4) is 0 Å². The number of halogens is 1. The van der Waals surface area contributed by atoms with E-state index in [1.165, 1.54) is 0 Å². The molecule has 2 rings (SSSR count). The second-order valence-corrected chi connectivity index (χ2v) is 3.19. The Morgan fingerprint density at radius 1 is 1.47 bits per heavy atom. The SMILES string of the molecule is CC1=NCC(=O)N1c1cccc(N)c1.Cl. The van der Waals surface area contributed by atoms with Gasteiger partial charge in [-0.25, -0.2) is 0 Å². The van der Waals surface area contributed by atoms with Crippen LogP contribution in [0.25, 0.3) is 0 Å². The average molecular weight is 226 g/mol. The number of benzene rings is 1. The van der Waals surface area contributed by atoms with Gasteiger partial charge in [-0.15, -0.1) is 12.4 Å². The van der Waals surface area contributed by atoms with Gasteiger partial charge in [-0.05, 0) is 25.1 Å². The van der Waals surface area contributed by atoms with E-state index >= 15 is 0 Å². The Morgan fingerprint density at radius 2 is 2.20 bits per heavy atom. The fourth-order valence-corrected chi connectivity index (χ4v) is 1.50. The summed E-state index contributed by atoms with van der Waals surface area (Å²) < 4.78 is 0. The summed E-state index contributed by atoms with van der Waals surface area (Å²) in [5.41, 5.74) is 7.07. The number of nitrogens with two attached hydrogens (primary N) is 1. The van der Waals surface area contributed by atoms with E-state index in [-0.39, 0.29) is 24.9 Å². The third kappa shape index (κ3) is 2.10. The van der Waals surface area contributed by atoms with Gasteiger partial charge in [0.1, 0.15) is 12.4 Å². The summed E-state index contributed by atoms with van der Waals surface area (Å²) in [5.74, 6) is 0.716. The zero-order chi connectivity index (χ0) is 10.1. The van der Waals surface area contributed by atoms with Crippen LogP contribution in [-0.2, 0) is 4.79 Å². The molecule has 1 aromatic rings. The molecule has 0 saturated carbocycles. The molecule has 1 amide bonds. The Labute approximate surface area is 94.2 Å². The van der Waals surface area contributed by atoms with Crippen LogP contribution in [0.4, 0.5) is 11.4 Å². The minimum absolute atomic E-state index is 0. The lowest BCUT2D eigenvalue weighted by Crippen LogP contribution is -2.30. The van der Waals surface area contributed by atoms with Crippen LogP contribution >= 0.6 is 12.4 Å². The van der Waals surface area contributed by atoms with Crippen LogP contribution < -0.4 is 10.6 Å². The van der Waals surface area contributed by atoms with Crippen molar-refractivity contribution in [2.75, 3.05) is 17.2 Å². The molecule has 1 aromatic carbocycles. The number of nitrogen functional groups attached to an aromatic ring is 1. The molecule has 80 valence electrons. The molecule has 0 fully saturated rings. The molecule has 1 aliphatic heterocycles. The molecule has 5 heteroatoms. The summed E-state index contributed by atoms with van der Waals surface area (Å²) >= 11 is 0. The van der Waals surface area contributed by atoms with Crippen molar-refractivity contribution in [1.29, 1.82) is 0 Å². The van der Waals surface area contributed by atoms with Crippen LogP contribution in [0, 0.1) is 0 Å². The van der Waals surface area contributed by atoms with Crippen LogP contribution in [0.1, 0.15) is 6.92 Å². The quantitative estimate of drug-likeness (QED) is 0.736. The third-order valence-corrected chi connectivity index (χ3v) is 2.14. The smallest absolute Gasteiger partial charge is 0.254 e. The van der Waals surface area contributed by atoms with Gasteiger partial charge in [-0.3, -0.25) is 14.7 Å². The highest BCUT2D eigenvalue weighted by molar-refractivity contribution is 6.20. The Bertz CT molecular complexity index is 417. The van der Waals surface area contributed by atoms with Crippen LogP contribution in [0.15, 0.2) is 29.3 Å². The summed E-state index contributed by atoms with van der Waals surface area (Å²) in [6.45, 7) is 2.05. The van der Waals surface area contributed by atoms with Crippen molar-refractivity contribution in [3.05, 3.63) is 24.3 Å². The second kappa shape index (κ2) is 4.31. The maximum absolute atomic E-state index is 11.5. The van der Waals surface area contributed by atoms with E-state index < -0.39 is 0 Å². The zero-order valence-electron chi connectivity index (χ0n) is 8.30. The molecule has 1 aliphatic rings. The van der Waals surface area contributed by atoms with E-state index in [9.17, 15) is 4.79 Å². The fraction of sp³-hybridized carbons (Fsp3) is 0.200. The largest absolute Gasteiger partial charge is 0.399 e. The second-order valence-electron chi connectivity index (χ2n) is 3.19. The molecule has 0 bridgehead atoms. The highest BCUT2D eigenvalue weighted by atomic mass is 35.5. The number of rotatable bonds is 1. The molecular formula is C10H12ClN3O. The molecule has 1 heterocycles. The average Bonchev–Trinajstić information content (AvgIpc) is 2.46. The molecule has 0 unspecified atom stereocenters. The minimum atomic E-state index is -0.00639. The summed E-state index contributed by atoms with van der Waals surface area (Å²) in [4.78, 5) is 17.1. The number of carbonyl (C=O) groups excluding carboxylic acids is 1. The van der Waals surface area contributed by atoms with Gasteiger partial charge in [-0.1, -0.05) is 6.07 Å². The topological polar surface area (TPSA) is 58.7 Å². The number of nitrogens with zero attached hydrogens (tertiary/aromatic N) is 2. The lowest BCUT2D eigenvalue weighted by Gasteiger charge is -2.16. The molecule has 0 saturated heterocycles. The fourth-order valence-electron chi connectivity index (χ4n) is 1.50. The van der Waals surface area contributed by atoms with Gasteiger partial charge >= 0.3 is 0 Å². The Hall–Kier alpha value is -1.55. The monoisotopic (exact) mass is 225 g/mol. The van der Waals surface area contributed by atoms with E-state index in [1.54, 1.807) is 17.0 Å². The third-order valence-electron chi connectivity index (χ3n) is 2.14. The maximum atomic E-state index is 11.5. The standard InChI is InChI=1S/C10H11N3O.ClH/c1-7-12-6-10(14)13(7)9-4-2-3-8(11)5-9;/h2-5H,6,11H2,1H3;1H. The van der Waals surface area contributed by atoms with Crippen molar-refractivity contribution in [2.24, 2.45) is 4.99 Å². The van der Waals surface area contributed by atoms with Gasteiger partial charge in [0.2, 0.25) is 0 Å². The first-order valence-electron chi connectivity index (χ1n) is 4.38. The summed E-state index contributed by atoms with van der Waals surface area (Å²) in [7, 11) is 0. The van der Waals surface area contributed by atoms with E-state index in [0.29, 0.717) is 5.69 Å². The summed E-state index contributed by atoms with van der Waals surface area (Å²) in [6, 6.07) is 7.22. The van der Waals surface area contributed by atoms with Crippen molar-refractivity contribution < 1.29 is 4.79 Å². The minimum Gasteiger partial charge on any atom is -0.399 e. The van der Waals surface area contributed by atoms with Crippen molar-refractivity contribution >= 4 is 35.5 Å². The number of aliphatic imine (C=N–C) groups is 1. The van der Waals surface area contributed by atoms with E-state index in [2.05, 4.69) is 4.99 Å². The number of amides is 1. The van der Waals surface area contributed by atoms with Gasteiger partial charge in [0, 0.05) is 5.69 Å². The molecule has 0 spiro atoms. The molecular weight excluding hydrogens is 214 g/mol. The van der Waals surface area contributed by atoms with Crippen molar-refractivity contribution in [2.45, 2.75) is 6.92 Å². The number of carbonyl (C=O) groups is 1. The van der Waals surface area contributed by atoms with Crippen LogP contribution in [0.2, 0.25) is 0 Å². The zero-order valence-corrected chi connectivity index (χ0v) is 9.12. The summed E-state index contributed by atoms with van der Waals surface area (Å²) in [6.07, 6.45) is 0. The molecule has 0 radical (unpaired) electrons. The van der Waals surface area contributed by atoms with Gasteiger partial charge in [0.05, 0.1) is 5.69 Å². The van der Waals surface area contributed by atoms with Crippen LogP contribution in [0.5, 0.6) is 0 Å². The van der Waals surface area contributed by atoms with Gasteiger partial charge < -0.3 is 5.73 Å². The first kappa shape index (κ1) is 11.5. The predicted molar refractivity (Wildman–Crippen MR) is 63.6 cm³/mol. The van der Waals surface area contributed by atoms with Gasteiger partial charge in [-0.2, -0.15) is 0 Å². The molecule has 15 heavy (non-hydrogen) atoms. The highest BCUT2D eigenvalue weighted by Gasteiger charge is 2.23. The van der Waals surface area contributed by atoms with E-state index in [4.69, 9.17) is 5.73 Å². The lowest BCUT2D eigenvalue weighted by atomic mass is 10.2. The normalized spacial score (nSPS) is 14.9.